The number of benzene rings is 1. The van der Waals surface area contributed by atoms with Crippen molar-refractivity contribution in [2.45, 2.75) is 83.3 Å². The number of aromatic nitrogens is 3. The number of pyridine rings is 1. The third kappa shape index (κ3) is 7.55. The van der Waals surface area contributed by atoms with Crippen molar-refractivity contribution in [3.05, 3.63) is 36.3 Å². The van der Waals surface area contributed by atoms with Crippen LogP contribution in [-0.2, 0) is 7.05 Å². The summed E-state index contributed by atoms with van der Waals surface area (Å²) in [6.07, 6.45) is 14.1. The quantitative estimate of drug-likeness (QED) is 0.385. The summed E-state index contributed by atoms with van der Waals surface area (Å²) in [4.78, 5) is 17.5. The van der Waals surface area contributed by atoms with Crippen LogP contribution in [-0.4, -0.2) is 53.6 Å². The first-order valence-electron chi connectivity index (χ1n) is 14.2. The highest BCUT2D eigenvalue weighted by Gasteiger charge is 2.22. The van der Waals surface area contributed by atoms with Crippen LogP contribution in [0.3, 0.4) is 0 Å². The number of carbonyl (C=O) groups is 1. The third-order valence-corrected chi connectivity index (χ3v) is 7.30. The van der Waals surface area contributed by atoms with E-state index < -0.39 is 0 Å². The van der Waals surface area contributed by atoms with E-state index in [2.05, 4.69) is 15.4 Å². The van der Waals surface area contributed by atoms with Crippen LogP contribution < -0.4 is 24.3 Å². The van der Waals surface area contributed by atoms with Crippen LogP contribution in [0.5, 0.6) is 23.0 Å². The van der Waals surface area contributed by atoms with Crippen molar-refractivity contribution in [2.24, 2.45) is 7.05 Å². The summed E-state index contributed by atoms with van der Waals surface area (Å²) in [6, 6.07) is 5.89. The maximum Gasteiger partial charge on any atom is 0.275 e. The molecule has 2 heterocycles. The minimum absolute atomic E-state index is 0.124. The Hall–Kier alpha value is -3.49. The third-order valence-electron chi connectivity index (χ3n) is 7.30. The molecule has 1 fully saturated rings. The van der Waals surface area contributed by atoms with Gasteiger partial charge in [0, 0.05) is 30.7 Å². The van der Waals surface area contributed by atoms with Crippen molar-refractivity contribution in [2.75, 3.05) is 20.8 Å². The van der Waals surface area contributed by atoms with Gasteiger partial charge in [0.25, 0.3) is 5.91 Å². The lowest BCUT2D eigenvalue weighted by Gasteiger charge is -2.23. The molecule has 212 valence electrons. The van der Waals surface area contributed by atoms with Crippen LogP contribution >= 0.6 is 0 Å². The molecular formula is C30H42N4O5. The van der Waals surface area contributed by atoms with E-state index in [0.29, 0.717) is 29.5 Å². The molecular weight excluding hydrogens is 496 g/mol. The second kappa shape index (κ2) is 14.1. The molecule has 0 bridgehead atoms. The number of methoxy groups -OCH3 is 2. The van der Waals surface area contributed by atoms with Gasteiger partial charge < -0.3 is 24.3 Å². The topological polar surface area (TPSA) is 96.7 Å². The second-order valence-corrected chi connectivity index (χ2v) is 10.2. The van der Waals surface area contributed by atoms with Gasteiger partial charge in [0.05, 0.1) is 38.6 Å². The van der Waals surface area contributed by atoms with E-state index in [0.717, 1.165) is 80.9 Å². The molecule has 9 heteroatoms. The fourth-order valence-electron chi connectivity index (χ4n) is 5.30. The number of ether oxygens (including phenoxy) is 4. The Bertz CT molecular complexity index is 1230. The predicted molar refractivity (Wildman–Crippen MR) is 151 cm³/mol. The number of nitrogens with zero attached hydrogens (tertiary/aromatic N) is 3. The second-order valence-electron chi connectivity index (χ2n) is 10.2. The molecule has 0 saturated heterocycles. The molecule has 2 atom stereocenters. The van der Waals surface area contributed by atoms with Crippen LogP contribution in [0.2, 0.25) is 0 Å². The van der Waals surface area contributed by atoms with Crippen LogP contribution in [0, 0.1) is 0 Å². The summed E-state index contributed by atoms with van der Waals surface area (Å²) in [5.41, 5.74) is 1.18. The molecule has 1 aromatic carbocycles. The van der Waals surface area contributed by atoms with Gasteiger partial charge in [0.1, 0.15) is 5.75 Å². The molecule has 4 rings (SSSR count). The first kappa shape index (κ1) is 28.5. The van der Waals surface area contributed by atoms with Crippen LogP contribution in [0.4, 0.5) is 0 Å². The number of hydrogen-bond acceptors (Lipinski definition) is 7. The number of fused-ring (bicyclic) bond motifs is 1. The Morgan fingerprint density at radius 2 is 1.62 bits per heavy atom. The number of aryl methyl sites for hydroxylation is 1. The average molecular weight is 539 g/mol. The highest BCUT2D eigenvalue weighted by atomic mass is 16.5. The van der Waals surface area contributed by atoms with Crippen molar-refractivity contribution in [3.63, 3.8) is 0 Å². The van der Waals surface area contributed by atoms with Gasteiger partial charge in [0.15, 0.2) is 22.9 Å². The Morgan fingerprint density at radius 3 is 2.33 bits per heavy atom. The molecule has 0 spiro atoms. The van der Waals surface area contributed by atoms with Crippen molar-refractivity contribution < 1.29 is 23.7 Å². The fraction of sp³-hybridized carbons (Fsp3) is 0.567. The maximum atomic E-state index is 13.0. The zero-order valence-electron chi connectivity index (χ0n) is 23.7. The molecule has 0 aliphatic heterocycles. The summed E-state index contributed by atoms with van der Waals surface area (Å²) in [5, 5.41) is 8.49. The molecule has 0 radical (unpaired) electrons. The van der Waals surface area contributed by atoms with Gasteiger partial charge in [-0.1, -0.05) is 25.7 Å². The van der Waals surface area contributed by atoms with E-state index in [9.17, 15) is 4.79 Å². The Labute approximate surface area is 231 Å². The summed E-state index contributed by atoms with van der Waals surface area (Å²) in [7, 11) is 5.06. The van der Waals surface area contributed by atoms with E-state index in [-0.39, 0.29) is 18.1 Å². The van der Waals surface area contributed by atoms with Gasteiger partial charge in [-0.3, -0.25) is 14.5 Å². The summed E-state index contributed by atoms with van der Waals surface area (Å²) < 4.78 is 24.8. The van der Waals surface area contributed by atoms with E-state index >= 15 is 0 Å². The lowest BCUT2D eigenvalue weighted by atomic mass is 9.96. The van der Waals surface area contributed by atoms with E-state index in [1.165, 1.54) is 0 Å². The summed E-state index contributed by atoms with van der Waals surface area (Å²) >= 11 is 0. The first-order chi connectivity index (χ1) is 19.0. The smallest absolute Gasteiger partial charge is 0.275 e. The highest BCUT2D eigenvalue weighted by molar-refractivity contribution is 5.95. The number of amides is 1. The van der Waals surface area contributed by atoms with Crippen molar-refractivity contribution in [3.8, 4) is 23.0 Å². The van der Waals surface area contributed by atoms with Gasteiger partial charge in [-0.25, -0.2) is 0 Å². The monoisotopic (exact) mass is 538 g/mol. The lowest BCUT2D eigenvalue weighted by Crippen LogP contribution is -2.35. The SMILES string of the molecule is CCOc1cn(C)nc1C(=O)NC1CCCCCCC(Oc2ccnc3cc(OC)c(OC)cc23)CCCC1. The van der Waals surface area contributed by atoms with E-state index in [1.54, 1.807) is 38.3 Å². The highest BCUT2D eigenvalue weighted by Crippen LogP contribution is 2.36. The molecule has 39 heavy (non-hydrogen) atoms. The van der Waals surface area contributed by atoms with Crippen LogP contribution in [0.15, 0.2) is 30.6 Å². The Balaban J connectivity index is 1.39. The normalized spacial score (nSPS) is 19.0. The van der Waals surface area contributed by atoms with Gasteiger partial charge >= 0.3 is 0 Å². The average Bonchev–Trinajstić information content (AvgIpc) is 3.31. The number of hydrogen-bond donors (Lipinski definition) is 1. The van der Waals surface area contributed by atoms with Gasteiger partial charge in [-0.05, 0) is 57.6 Å². The molecule has 1 N–H and O–H groups in total. The van der Waals surface area contributed by atoms with Crippen LogP contribution in [0.25, 0.3) is 10.9 Å². The molecule has 1 aliphatic rings. The van der Waals surface area contributed by atoms with Gasteiger partial charge in [-0.2, -0.15) is 5.10 Å². The molecule has 1 aliphatic carbocycles. The molecule has 3 aromatic rings. The molecule has 1 amide bonds. The Morgan fingerprint density at radius 1 is 0.949 bits per heavy atom. The first-order valence-corrected chi connectivity index (χ1v) is 14.2. The zero-order valence-corrected chi connectivity index (χ0v) is 23.7. The number of rotatable bonds is 8. The zero-order chi connectivity index (χ0) is 27.6. The van der Waals surface area contributed by atoms with Crippen molar-refractivity contribution in [1.82, 2.24) is 20.1 Å². The summed E-state index contributed by atoms with van der Waals surface area (Å²) in [6.45, 7) is 2.40. The van der Waals surface area contributed by atoms with E-state index in [1.807, 2.05) is 25.1 Å². The summed E-state index contributed by atoms with van der Waals surface area (Å²) in [5.74, 6) is 2.51. The molecule has 2 unspecified atom stereocenters. The fourth-order valence-corrected chi connectivity index (χ4v) is 5.30. The minimum atomic E-state index is -0.158. The van der Waals surface area contributed by atoms with Crippen molar-refractivity contribution in [1.29, 1.82) is 0 Å². The minimum Gasteiger partial charge on any atom is -0.493 e. The van der Waals surface area contributed by atoms with Crippen molar-refractivity contribution >= 4 is 16.8 Å². The lowest BCUT2D eigenvalue weighted by molar-refractivity contribution is 0.0921. The molecule has 1 saturated carbocycles. The van der Waals surface area contributed by atoms with Gasteiger partial charge in [0.2, 0.25) is 0 Å². The predicted octanol–water partition coefficient (Wildman–Crippen LogP) is 5.84. The number of nitrogens with one attached hydrogen (secondary N) is 1. The molecule has 9 nitrogen and oxygen atoms in total. The van der Waals surface area contributed by atoms with E-state index in [4.69, 9.17) is 18.9 Å². The number of carbonyl (C=O) groups excluding carboxylic acids is 1. The van der Waals surface area contributed by atoms with Gasteiger partial charge in [-0.15, -0.1) is 0 Å². The maximum absolute atomic E-state index is 13.0. The largest absolute Gasteiger partial charge is 0.493 e. The van der Waals surface area contributed by atoms with Crippen LogP contribution in [0.1, 0.15) is 81.6 Å². The molecule has 2 aromatic heterocycles. The standard InChI is InChI=1S/C30H42N4O5/c1-5-38-28-20-34(2)33-29(28)30(35)32-21-12-8-6-7-9-14-22(15-11-10-13-21)39-25-16-17-31-24-19-27(37-4)26(36-3)18-23(24)25/h16-22H,5-15H2,1-4H3,(H,32,35). The Kier molecular flexibility index (Phi) is 10.3.